The first-order chi connectivity index (χ1) is 13.5. The Labute approximate surface area is 174 Å². The highest BCUT2D eigenvalue weighted by atomic mass is 79.9. The van der Waals surface area contributed by atoms with Crippen molar-refractivity contribution in [2.24, 2.45) is 0 Å². The number of anilines is 1. The van der Waals surface area contributed by atoms with Gasteiger partial charge in [0.2, 0.25) is 0 Å². The van der Waals surface area contributed by atoms with Crippen LogP contribution in [0.15, 0.2) is 22.7 Å². The van der Waals surface area contributed by atoms with Gasteiger partial charge in [0.1, 0.15) is 0 Å². The Morgan fingerprint density at radius 1 is 1.25 bits per heavy atom. The molecule has 2 aliphatic heterocycles. The molecule has 0 spiro atoms. The molecule has 0 bridgehead atoms. The molecular weight excluding hydrogens is 418 g/mol. The molecule has 1 amide bonds. The quantitative estimate of drug-likeness (QED) is 0.682. The molecule has 5 nitrogen and oxygen atoms in total. The Morgan fingerprint density at radius 2 is 2.04 bits per heavy atom. The first kappa shape index (κ1) is 19.4. The Kier molecular flexibility index (Phi) is 5.71. The van der Waals surface area contributed by atoms with E-state index in [1.165, 1.54) is 16.8 Å². The molecule has 1 saturated heterocycles. The zero-order valence-electron chi connectivity index (χ0n) is 16.4. The predicted molar refractivity (Wildman–Crippen MR) is 116 cm³/mol. The van der Waals surface area contributed by atoms with Gasteiger partial charge in [0.05, 0.1) is 18.8 Å². The number of hydrogen-bond donors (Lipinski definition) is 2. The minimum Gasteiger partial charge on any atom is -0.379 e. The number of morpholine rings is 1. The van der Waals surface area contributed by atoms with E-state index in [1.807, 2.05) is 24.3 Å². The number of carbonyl (C=O) groups excluding carboxylic acids is 1. The summed E-state index contributed by atoms with van der Waals surface area (Å²) in [5.74, 6) is -0.0476. The molecule has 6 heteroatoms. The summed E-state index contributed by atoms with van der Waals surface area (Å²) in [4.78, 5) is 18.4. The molecule has 2 N–H and O–H groups in total. The summed E-state index contributed by atoms with van der Waals surface area (Å²) in [7, 11) is 0. The Morgan fingerprint density at radius 3 is 2.82 bits per heavy atom. The van der Waals surface area contributed by atoms with Gasteiger partial charge in [-0.05, 0) is 68.6 Å². The fourth-order valence-corrected chi connectivity index (χ4v) is 4.45. The number of fused-ring (bicyclic) bond motifs is 1. The lowest BCUT2D eigenvalue weighted by atomic mass is 10.0. The maximum Gasteiger partial charge on any atom is 0.256 e. The van der Waals surface area contributed by atoms with Gasteiger partial charge in [0.15, 0.2) is 0 Å². The summed E-state index contributed by atoms with van der Waals surface area (Å²) >= 11 is 3.50. The fourth-order valence-electron chi connectivity index (χ4n) is 4.09. The third-order valence-electron chi connectivity index (χ3n) is 5.69. The zero-order chi connectivity index (χ0) is 19.7. The molecule has 0 saturated carbocycles. The van der Waals surface area contributed by atoms with E-state index in [1.54, 1.807) is 0 Å². The molecule has 148 valence electrons. The van der Waals surface area contributed by atoms with Crippen molar-refractivity contribution in [2.45, 2.75) is 26.7 Å². The van der Waals surface area contributed by atoms with E-state index in [4.69, 9.17) is 4.74 Å². The average Bonchev–Trinajstić information content (AvgIpc) is 3.13. The summed E-state index contributed by atoms with van der Waals surface area (Å²) in [6, 6.07) is 5.87. The monoisotopic (exact) mass is 443 g/mol. The second-order valence-electron chi connectivity index (χ2n) is 7.53. The summed E-state index contributed by atoms with van der Waals surface area (Å²) in [5.41, 5.74) is 7.35. The van der Waals surface area contributed by atoms with Gasteiger partial charge in [0, 0.05) is 40.2 Å². The molecule has 1 fully saturated rings. The number of hydrogen-bond acceptors (Lipinski definition) is 3. The smallest absolute Gasteiger partial charge is 0.256 e. The Bertz CT molecular complexity index is 926. The molecule has 28 heavy (non-hydrogen) atoms. The molecule has 4 rings (SSSR count). The van der Waals surface area contributed by atoms with E-state index in [2.05, 4.69) is 45.0 Å². The highest BCUT2D eigenvalue weighted by Crippen LogP contribution is 2.35. The second-order valence-corrected chi connectivity index (χ2v) is 8.44. The number of amides is 1. The van der Waals surface area contributed by atoms with Crippen LogP contribution in [0.3, 0.4) is 0 Å². The molecule has 0 aliphatic carbocycles. The number of aromatic amines is 1. The van der Waals surface area contributed by atoms with Gasteiger partial charge in [-0.2, -0.15) is 0 Å². The van der Waals surface area contributed by atoms with Crippen LogP contribution in [0.4, 0.5) is 5.69 Å². The minimum absolute atomic E-state index is 0.0476. The first-order valence-corrected chi connectivity index (χ1v) is 10.6. The molecule has 1 aromatic carbocycles. The number of benzene rings is 1. The third-order valence-corrected chi connectivity index (χ3v) is 6.18. The van der Waals surface area contributed by atoms with Crippen LogP contribution in [0, 0.1) is 13.8 Å². The van der Waals surface area contributed by atoms with Crippen LogP contribution in [0.1, 0.15) is 34.5 Å². The lowest BCUT2D eigenvalue weighted by Gasteiger charge is -2.26. The summed E-state index contributed by atoms with van der Waals surface area (Å²) in [5, 5.41) is 2.95. The van der Waals surface area contributed by atoms with Crippen molar-refractivity contribution >= 4 is 39.2 Å². The van der Waals surface area contributed by atoms with Crippen LogP contribution in [0.5, 0.6) is 0 Å². The van der Waals surface area contributed by atoms with Crippen molar-refractivity contribution in [1.29, 1.82) is 0 Å². The highest BCUT2D eigenvalue weighted by Gasteiger charge is 2.25. The molecule has 0 unspecified atom stereocenters. The SMILES string of the molecule is Cc1[nH]c(C=C2C(=O)Nc3ccc(Br)cc32)c(C)c1CCCN1CCOCC1. The summed E-state index contributed by atoms with van der Waals surface area (Å²) in [6.45, 7) is 9.14. The summed E-state index contributed by atoms with van der Waals surface area (Å²) in [6.07, 6.45) is 4.16. The molecule has 0 radical (unpaired) electrons. The largest absolute Gasteiger partial charge is 0.379 e. The van der Waals surface area contributed by atoms with E-state index in [-0.39, 0.29) is 5.91 Å². The van der Waals surface area contributed by atoms with Crippen LogP contribution in [-0.2, 0) is 16.0 Å². The molecule has 1 aromatic heterocycles. The number of halogens is 1. The number of aromatic nitrogens is 1. The van der Waals surface area contributed by atoms with Crippen LogP contribution < -0.4 is 5.32 Å². The van der Waals surface area contributed by atoms with Crippen LogP contribution in [0.2, 0.25) is 0 Å². The molecular formula is C22H26BrN3O2. The van der Waals surface area contributed by atoms with Crippen molar-refractivity contribution in [3.05, 3.63) is 50.8 Å². The number of H-pyrrole nitrogens is 1. The highest BCUT2D eigenvalue weighted by molar-refractivity contribution is 9.10. The number of ether oxygens (including phenoxy) is 1. The predicted octanol–water partition coefficient (Wildman–Crippen LogP) is 4.15. The molecule has 0 atom stereocenters. The lowest BCUT2D eigenvalue weighted by Crippen LogP contribution is -2.36. The van der Waals surface area contributed by atoms with Gasteiger partial charge in [-0.3, -0.25) is 9.69 Å². The Hall–Kier alpha value is -1.89. The van der Waals surface area contributed by atoms with Crippen molar-refractivity contribution in [3.63, 3.8) is 0 Å². The van der Waals surface area contributed by atoms with Gasteiger partial charge >= 0.3 is 0 Å². The van der Waals surface area contributed by atoms with Crippen LogP contribution >= 0.6 is 15.9 Å². The van der Waals surface area contributed by atoms with E-state index in [0.29, 0.717) is 5.57 Å². The third kappa shape index (κ3) is 3.95. The van der Waals surface area contributed by atoms with Crippen LogP contribution in [0.25, 0.3) is 11.6 Å². The van der Waals surface area contributed by atoms with Gasteiger partial charge in [-0.1, -0.05) is 15.9 Å². The number of nitrogens with zero attached hydrogens (tertiary/aromatic N) is 1. The average molecular weight is 444 g/mol. The maximum absolute atomic E-state index is 12.5. The van der Waals surface area contributed by atoms with Crippen molar-refractivity contribution in [3.8, 4) is 0 Å². The topological polar surface area (TPSA) is 57.4 Å². The second kappa shape index (κ2) is 8.23. The Balaban J connectivity index is 1.52. The number of nitrogens with one attached hydrogen (secondary N) is 2. The van der Waals surface area contributed by atoms with Gasteiger partial charge < -0.3 is 15.0 Å². The molecule has 3 heterocycles. The van der Waals surface area contributed by atoms with E-state index in [9.17, 15) is 4.79 Å². The standard InChI is InChI=1S/C22H26BrN3O2/c1-14-17(4-3-7-26-8-10-28-11-9-26)15(2)24-21(14)13-19-18-12-16(23)5-6-20(18)25-22(19)27/h5-6,12-13,24H,3-4,7-11H2,1-2H3,(H,25,27). The lowest BCUT2D eigenvalue weighted by molar-refractivity contribution is -0.110. The van der Waals surface area contributed by atoms with Gasteiger partial charge in [-0.15, -0.1) is 0 Å². The van der Waals surface area contributed by atoms with Crippen molar-refractivity contribution < 1.29 is 9.53 Å². The summed E-state index contributed by atoms with van der Waals surface area (Å²) < 4.78 is 6.39. The molecule has 2 aliphatic rings. The van der Waals surface area contributed by atoms with E-state index in [0.717, 1.165) is 67.1 Å². The molecule has 2 aromatic rings. The normalized spacial score (nSPS) is 18.5. The number of carbonyl (C=O) groups is 1. The zero-order valence-corrected chi connectivity index (χ0v) is 18.0. The van der Waals surface area contributed by atoms with Gasteiger partial charge in [-0.25, -0.2) is 0 Å². The maximum atomic E-state index is 12.5. The number of rotatable bonds is 5. The first-order valence-electron chi connectivity index (χ1n) is 9.84. The van der Waals surface area contributed by atoms with Gasteiger partial charge in [0.25, 0.3) is 5.91 Å². The number of aryl methyl sites for hydroxylation is 1. The fraction of sp³-hybridized carbons (Fsp3) is 0.409. The van der Waals surface area contributed by atoms with Crippen molar-refractivity contribution in [1.82, 2.24) is 9.88 Å². The minimum atomic E-state index is -0.0476. The van der Waals surface area contributed by atoms with Crippen LogP contribution in [-0.4, -0.2) is 48.6 Å². The van der Waals surface area contributed by atoms with Crippen molar-refractivity contribution in [2.75, 3.05) is 38.2 Å². The van der Waals surface area contributed by atoms with E-state index >= 15 is 0 Å². The van der Waals surface area contributed by atoms with E-state index < -0.39 is 0 Å².